The molecule has 0 N–H and O–H groups in total. The lowest BCUT2D eigenvalue weighted by molar-refractivity contribution is -0.686. The topological polar surface area (TPSA) is 53.6 Å². The van der Waals surface area contributed by atoms with E-state index in [2.05, 4.69) is 59.2 Å². The molecule has 0 radical (unpaired) electrons. The van der Waals surface area contributed by atoms with Crippen LogP contribution in [0, 0.1) is 0 Å². The molecule has 0 fully saturated rings. The van der Waals surface area contributed by atoms with Crippen molar-refractivity contribution in [3.05, 3.63) is 78.1 Å². The van der Waals surface area contributed by atoms with E-state index in [1.807, 2.05) is 36.0 Å². The highest BCUT2D eigenvalue weighted by Gasteiger charge is 2.11. The molecule has 0 saturated heterocycles. The predicted molar refractivity (Wildman–Crippen MR) is 134 cm³/mol. The fraction of sp³-hybridized carbons (Fsp3) is 0.286. The fourth-order valence-corrected chi connectivity index (χ4v) is 4.05. The van der Waals surface area contributed by atoms with Crippen LogP contribution in [0.1, 0.15) is 18.1 Å². The maximum Gasteiger partial charge on any atom is 0.372 e. The van der Waals surface area contributed by atoms with Crippen LogP contribution in [-0.2, 0) is 32.1 Å². The first kappa shape index (κ1) is 26.6. The second-order valence-corrected chi connectivity index (χ2v) is 7.99. The standard InChI is InChI=1S/C28H31N2O4.BrH/c1-3-34-28(31)21-29-14-12-22(13-15-29)8-9-23-10-11-27-25(20-23)24-6-4-5-7-26(24)30(27)16-17-33-19-18-32-2;/h4-15,20H,3,16-19,21H2,1-2H3;1H/q+1;/p-1. The molecular formula is C28H31BrN2O4. The van der Waals surface area contributed by atoms with Crippen LogP contribution in [0.2, 0.25) is 0 Å². The van der Waals surface area contributed by atoms with Crippen LogP contribution in [0.3, 0.4) is 0 Å². The number of carbonyl (C=O) groups excluding carboxylic acids is 1. The quantitative estimate of drug-likeness (QED) is 0.165. The molecule has 184 valence electrons. The number of benzene rings is 2. The number of para-hydroxylation sites is 1. The van der Waals surface area contributed by atoms with Gasteiger partial charge in [0.2, 0.25) is 6.54 Å². The molecule has 0 aliphatic heterocycles. The summed E-state index contributed by atoms with van der Waals surface area (Å²) in [4.78, 5) is 11.6. The zero-order chi connectivity index (χ0) is 23.8. The number of esters is 1. The summed E-state index contributed by atoms with van der Waals surface area (Å²) in [6.07, 6.45) is 7.98. The third-order valence-corrected chi connectivity index (χ3v) is 5.69. The summed E-state index contributed by atoms with van der Waals surface area (Å²) >= 11 is 0. The van der Waals surface area contributed by atoms with E-state index < -0.39 is 0 Å². The Labute approximate surface area is 216 Å². The second kappa shape index (κ2) is 13.2. The average Bonchev–Trinajstić information content (AvgIpc) is 3.17. The second-order valence-electron chi connectivity index (χ2n) is 7.99. The van der Waals surface area contributed by atoms with E-state index in [0.717, 1.165) is 17.7 Å². The number of hydrogen-bond acceptors (Lipinski definition) is 4. The Morgan fingerprint density at radius 2 is 1.66 bits per heavy atom. The van der Waals surface area contributed by atoms with Crippen molar-refractivity contribution in [2.24, 2.45) is 0 Å². The highest BCUT2D eigenvalue weighted by Crippen LogP contribution is 2.30. The van der Waals surface area contributed by atoms with Gasteiger partial charge in [-0.2, -0.15) is 4.57 Å². The van der Waals surface area contributed by atoms with Gasteiger partial charge < -0.3 is 35.8 Å². The highest BCUT2D eigenvalue weighted by molar-refractivity contribution is 6.08. The molecule has 2 aromatic carbocycles. The Kier molecular flexibility index (Phi) is 10.0. The summed E-state index contributed by atoms with van der Waals surface area (Å²) in [5, 5.41) is 2.47. The number of carbonyl (C=O) groups is 1. The minimum absolute atomic E-state index is 0. The molecule has 4 rings (SSSR count). The minimum atomic E-state index is -0.232. The lowest BCUT2D eigenvalue weighted by atomic mass is 10.1. The van der Waals surface area contributed by atoms with Crippen molar-refractivity contribution >= 4 is 39.9 Å². The van der Waals surface area contributed by atoms with E-state index in [0.29, 0.717) is 26.4 Å². The summed E-state index contributed by atoms with van der Waals surface area (Å²) in [6.45, 7) is 5.06. The molecule has 6 nitrogen and oxygen atoms in total. The molecule has 0 bridgehead atoms. The number of fused-ring (bicyclic) bond motifs is 3. The van der Waals surface area contributed by atoms with Gasteiger partial charge in [0.15, 0.2) is 12.4 Å². The Hall–Kier alpha value is -3.00. The van der Waals surface area contributed by atoms with E-state index in [9.17, 15) is 4.79 Å². The average molecular weight is 539 g/mol. The van der Waals surface area contributed by atoms with Gasteiger partial charge in [0.05, 0.1) is 26.4 Å². The van der Waals surface area contributed by atoms with Crippen LogP contribution in [0.25, 0.3) is 34.0 Å². The molecule has 2 aromatic heterocycles. The molecule has 7 heteroatoms. The smallest absolute Gasteiger partial charge is 0.372 e. The minimum Gasteiger partial charge on any atom is -1.00 e. The highest BCUT2D eigenvalue weighted by atomic mass is 79.9. The normalized spacial score (nSPS) is 11.3. The van der Waals surface area contributed by atoms with Crippen molar-refractivity contribution in [3.63, 3.8) is 0 Å². The van der Waals surface area contributed by atoms with Gasteiger partial charge in [-0.25, -0.2) is 4.79 Å². The molecule has 0 unspecified atom stereocenters. The lowest BCUT2D eigenvalue weighted by Gasteiger charge is -2.08. The zero-order valence-electron chi connectivity index (χ0n) is 20.2. The van der Waals surface area contributed by atoms with E-state index in [1.54, 1.807) is 7.11 Å². The third-order valence-electron chi connectivity index (χ3n) is 5.69. The number of hydrogen-bond donors (Lipinski definition) is 0. The number of rotatable bonds is 11. The first-order valence-electron chi connectivity index (χ1n) is 11.6. The van der Waals surface area contributed by atoms with E-state index >= 15 is 0 Å². The number of halogens is 1. The van der Waals surface area contributed by atoms with Crippen LogP contribution < -0.4 is 21.5 Å². The van der Waals surface area contributed by atoms with Gasteiger partial charge >= 0.3 is 5.97 Å². The van der Waals surface area contributed by atoms with Gasteiger partial charge in [0.1, 0.15) is 0 Å². The van der Waals surface area contributed by atoms with Crippen molar-refractivity contribution in [1.29, 1.82) is 0 Å². The van der Waals surface area contributed by atoms with Crippen molar-refractivity contribution < 1.29 is 40.6 Å². The van der Waals surface area contributed by atoms with Crippen molar-refractivity contribution in [3.8, 4) is 0 Å². The molecule has 0 spiro atoms. The summed E-state index contributed by atoms with van der Waals surface area (Å²) < 4.78 is 19.9. The maximum atomic E-state index is 11.6. The number of aromatic nitrogens is 2. The predicted octanol–water partition coefficient (Wildman–Crippen LogP) is 1.48. The van der Waals surface area contributed by atoms with Crippen LogP contribution >= 0.6 is 0 Å². The summed E-state index contributed by atoms with van der Waals surface area (Å²) in [5.41, 5.74) is 4.61. The van der Waals surface area contributed by atoms with Crippen molar-refractivity contribution in [2.75, 3.05) is 33.5 Å². The van der Waals surface area contributed by atoms with Gasteiger partial charge in [0.25, 0.3) is 0 Å². The first-order chi connectivity index (χ1) is 16.7. The molecule has 2 heterocycles. The summed E-state index contributed by atoms with van der Waals surface area (Å²) in [6, 6.07) is 19.0. The Balaban J connectivity index is 0.00000342. The lowest BCUT2D eigenvalue weighted by Crippen LogP contribution is -3.00. The number of methoxy groups -OCH3 is 1. The van der Waals surface area contributed by atoms with Crippen LogP contribution in [0.5, 0.6) is 0 Å². The van der Waals surface area contributed by atoms with E-state index in [-0.39, 0.29) is 29.5 Å². The number of nitrogens with zero attached hydrogens (tertiary/aromatic N) is 2. The van der Waals surface area contributed by atoms with E-state index in [1.165, 1.54) is 21.8 Å². The van der Waals surface area contributed by atoms with Gasteiger partial charge in [-0.15, -0.1) is 0 Å². The molecule has 0 aliphatic rings. The summed E-state index contributed by atoms with van der Waals surface area (Å²) in [5.74, 6) is -0.232. The third kappa shape index (κ3) is 6.78. The molecule has 0 amide bonds. The van der Waals surface area contributed by atoms with Crippen LogP contribution in [0.4, 0.5) is 0 Å². The van der Waals surface area contributed by atoms with Gasteiger partial charge in [-0.3, -0.25) is 0 Å². The molecule has 0 saturated carbocycles. The van der Waals surface area contributed by atoms with Gasteiger partial charge in [0, 0.05) is 47.6 Å². The maximum absolute atomic E-state index is 11.6. The first-order valence-corrected chi connectivity index (χ1v) is 11.6. The number of ether oxygens (including phenoxy) is 3. The zero-order valence-corrected chi connectivity index (χ0v) is 21.7. The van der Waals surface area contributed by atoms with Crippen molar-refractivity contribution in [1.82, 2.24) is 4.57 Å². The monoisotopic (exact) mass is 538 g/mol. The summed E-state index contributed by atoms with van der Waals surface area (Å²) in [7, 11) is 1.68. The van der Waals surface area contributed by atoms with Crippen LogP contribution in [-0.4, -0.2) is 44.1 Å². The van der Waals surface area contributed by atoms with Gasteiger partial charge in [-0.1, -0.05) is 36.4 Å². The Morgan fingerprint density at radius 1 is 0.914 bits per heavy atom. The van der Waals surface area contributed by atoms with Gasteiger partial charge in [-0.05, 0) is 36.2 Å². The Bertz CT molecular complexity index is 1280. The number of pyridine rings is 1. The van der Waals surface area contributed by atoms with Crippen molar-refractivity contribution in [2.45, 2.75) is 20.0 Å². The fourth-order valence-electron chi connectivity index (χ4n) is 4.05. The SMILES string of the molecule is CCOC(=O)C[n+]1ccc(/C=C/c2ccc3c(c2)c2ccccc2n3CCOCCOC)cc1.[Br-]. The molecule has 35 heavy (non-hydrogen) atoms. The molecule has 0 atom stereocenters. The largest absolute Gasteiger partial charge is 1.00 e. The molecule has 0 aliphatic carbocycles. The molecular weight excluding hydrogens is 508 g/mol. The van der Waals surface area contributed by atoms with Crippen LogP contribution in [0.15, 0.2) is 67.0 Å². The van der Waals surface area contributed by atoms with E-state index in [4.69, 9.17) is 14.2 Å². The Morgan fingerprint density at radius 3 is 2.43 bits per heavy atom. The molecule has 4 aromatic rings.